The fourth-order valence-corrected chi connectivity index (χ4v) is 5.38. The Morgan fingerprint density at radius 3 is 3.00 bits per heavy atom. The molecule has 3 aliphatic rings. The number of hydrogen-bond acceptors (Lipinski definition) is 2. The molecule has 1 saturated carbocycles. The zero-order valence-corrected chi connectivity index (χ0v) is 12.6. The summed E-state index contributed by atoms with van der Waals surface area (Å²) in [5.41, 5.74) is 2.94. The van der Waals surface area contributed by atoms with Crippen molar-refractivity contribution in [3.05, 3.63) is 29.3 Å². The second-order valence-electron chi connectivity index (χ2n) is 7.08. The van der Waals surface area contributed by atoms with E-state index in [2.05, 4.69) is 11.0 Å². The summed E-state index contributed by atoms with van der Waals surface area (Å²) in [6.45, 7) is 2.59. The summed E-state index contributed by atoms with van der Waals surface area (Å²) in [7, 11) is 0. The third-order valence-corrected chi connectivity index (χ3v) is 6.22. The van der Waals surface area contributed by atoms with E-state index in [4.69, 9.17) is 0 Å². The van der Waals surface area contributed by atoms with Gasteiger partial charge in [-0.3, -0.25) is 4.79 Å². The molecule has 1 saturated heterocycles. The van der Waals surface area contributed by atoms with E-state index in [1.807, 2.05) is 6.07 Å². The van der Waals surface area contributed by atoms with Gasteiger partial charge in [0.15, 0.2) is 0 Å². The number of nitrogens with zero attached hydrogens (tertiary/aromatic N) is 1. The SMILES string of the molecule is CC(=O)N1CC[C@]23CCCC[C@H]2[C@H]1Cc1ccc(O)cc13. The second kappa shape index (κ2) is 4.49. The standard InChI is InChI=1S/C18H23NO2/c1-12(20)19-9-8-18-7-3-2-4-15(18)17(19)10-13-5-6-14(21)11-16(13)18/h5-6,11,15,17,21H,2-4,7-10H2,1H3/t15-,17+,18+/m0/s1. The van der Waals surface area contributed by atoms with Crippen LogP contribution in [-0.2, 0) is 16.6 Å². The molecule has 0 spiro atoms. The zero-order valence-electron chi connectivity index (χ0n) is 12.6. The Morgan fingerprint density at radius 1 is 1.33 bits per heavy atom. The number of rotatable bonds is 0. The molecule has 2 fully saturated rings. The van der Waals surface area contributed by atoms with Gasteiger partial charge in [0, 0.05) is 24.9 Å². The van der Waals surface area contributed by atoms with E-state index in [0.717, 1.165) is 19.4 Å². The van der Waals surface area contributed by atoms with Gasteiger partial charge in [0.05, 0.1) is 0 Å². The van der Waals surface area contributed by atoms with Crippen molar-refractivity contribution in [2.75, 3.05) is 6.54 Å². The summed E-state index contributed by atoms with van der Waals surface area (Å²) in [5, 5.41) is 9.95. The lowest BCUT2D eigenvalue weighted by atomic mass is 9.52. The number of benzene rings is 1. The van der Waals surface area contributed by atoms with Crippen LogP contribution in [0.25, 0.3) is 0 Å². The highest BCUT2D eigenvalue weighted by molar-refractivity contribution is 5.74. The molecule has 4 rings (SSSR count). The van der Waals surface area contributed by atoms with Crippen LogP contribution in [0.3, 0.4) is 0 Å². The Hall–Kier alpha value is -1.51. The largest absolute Gasteiger partial charge is 0.508 e. The van der Waals surface area contributed by atoms with Crippen molar-refractivity contribution < 1.29 is 9.90 Å². The highest BCUT2D eigenvalue weighted by Gasteiger charge is 2.54. The Morgan fingerprint density at radius 2 is 2.19 bits per heavy atom. The molecule has 112 valence electrons. The van der Waals surface area contributed by atoms with Gasteiger partial charge >= 0.3 is 0 Å². The molecule has 0 aromatic heterocycles. The van der Waals surface area contributed by atoms with E-state index >= 15 is 0 Å². The maximum absolute atomic E-state index is 12.0. The number of phenolic OH excluding ortho intramolecular Hbond substituents is 1. The van der Waals surface area contributed by atoms with Crippen molar-refractivity contribution in [3.63, 3.8) is 0 Å². The first-order valence-corrected chi connectivity index (χ1v) is 8.21. The van der Waals surface area contributed by atoms with E-state index in [-0.39, 0.29) is 11.3 Å². The Balaban J connectivity index is 1.87. The molecule has 1 N–H and O–H groups in total. The number of likely N-dealkylation sites (tertiary alicyclic amines) is 1. The van der Waals surface area contributed by atoms with Crippen LogP contribution in [0.5, 0.6) is 5.75 Å². The van der Waals surface area contributed by atoms with E-state index in [0.29, 0.717) is 17.7 Å². The number of fused-ring (bicyclic) bond motifs is 1. The fourth-order valence-electron chi connectivity index (χ4n) is 5.38. The van der Waals surface area contributed by atoms with Crippen LogP contribution in [0.15, 0.2) is 18.2 Å². The minimum atomic E-state index is 0.210. The molecule has 1 aliphatic heterocycles. The molecule has 2 aliphatic carbocycles. The maximum atomic E-state index is 12.0. The minimum Gasteiger partial charge on any atom is -0.508 e. The van der Waals surface area contributed by atoms with Crippen molar-refractivity contribution >= 4 is 5.91 Å². The highest BCUT2D eigenvalue weighted by Crippen LogP contribution is 2.56. The molecule has 1 aromatic carbocycles. The highest BCUT2D eigenvalue weighted by atomic mass is 16.3. The topological polar surface area (TPSA) is 40.5 Å². The summed E-state index contributed by atoms with van der Waals surface area (Å²) in [6, 6.07) is 6.25. The summed E-state index contributed by atoms with van der Waals surface area (Å²) >= 11 is 0. The molecule has 21 heavy (non-hydrogen) atoms. The minimum absolute atomic E-state index is 0.210. The van der Waals surface area contributed by atoms with Crippen molar-refractivity contribution in [2.45, 2.75) is 56.9 Å². The fraction of sp³-hybridized carbons (Fsp3) is 0.611. The third kappa shape index (κ3) is 1.76. The average molecular weight is 285 g/mol. The first kappa shape index (κ1) is 13.2. The molecule has 3 nitrogen and oxygen atoms in total. The molecule has 3 heteroatoms. The first-order valence-electron chi connectivity index (χ1n) is 8.21. The quantitative estimate of drug-likeness (QED) is 0.796. The molecule has 0 radical (unpaired) electrons. The van der Waals surface area contributed by atoms with Crippen molar-refractivity contribution in [1.82, 2.24) is 4.90 Å². The summed E-state index contributed by atoms with van der Waals surface area (Å²) in [5.74, 6) is 1.19. The van der Waals surface area contributed by atoms with Gasteiger partial charge in [0.2, 0.25) is 5.91 Å². The number of aromatic hydroxyl groups is 1. The number of carbonyl (C=O) groups excluding carboxylic acids is 1. The lowest BCUT2D eigenvalue weighted by Crippen LogP contribution is -2.61. The van der Waals surface area contributed by atoms with Crippen LogP contribution >= 0.6 is 0 Å². The van der Waals surface area contributed by atoms with Gasteiger partial charge in [0.25, 0.3) is 0 Å². The monoisotopic (exact) mass is 285 g/mol. The van der Waals surface area contributed by atoms with Gasteiger partial charge < -0.3 is 10.0 Å². The van der Waals surface area contributed by atoms with Gasteiger partial charge in [-0.2, -0.15) is 0 Å². The predicted molar refractivity (Wildman–Crippen MR) is 81.2 cm³/mol. The van der Waals surface area contributed by atoms with Crippen LogP contribution < -0.4 is 0 Å². The molecule has 1 aromatic rings. The van der Waals surface area contributed by atoms with Crippen LogP contribution in [-0.4, -0.2) is 28.5 Å². The molecule has 1 amide bonds. The number of piperidine rings is 1. The average Bonchev–Trinajstić information content (AvgIpc) is 2.48. The van der Waals surface area contributed by atoms with Gasteiger partial charge in [-0.05, 0) is 54.9 Å². The third-order valence-electron chi connectivity index (χ3n) is 6.22. The number of carbonyl (C=O) groups is 1. The predicted octanol–water partition coefficient (Wildman–Crippen LogP) is 3.00. The molecule has 3 atom stereocenters. The zero-order chi connectivity index (χ0) is 14.6. The Kier molecular flexibility index (Phi) is 2.82. The Bertz CT molecular complexity index is 597. The molecular formula is C18H23NO2. The lowest BCUT2D eigenvalue weighted by molar-refractivity contribution is -0.138. The van der Waals surface area contributed by atoms with Crippen molar-refractivity contribution in [3.8, 4) is 5.75 Å². The summed E-state index contributed by atoms with van der Waals surface area (Å²) in [6.07, 6.45) is 7.02. The van der Waals surface area contributed by atoms with Crippen LogP contribution in [0.2, 0.25) is 0 Å². The van der Waals surface area contributed by atoms with Crippen LogP contribution in [0.1, 0.15) is 50.2 Å². The van der Waals surface area contributed by atoms with Crippen molar-refractivity contribution in [1.29, 1.82) is 0 Å². The van der Waals surface area contributed by atoms with Crippen molar-refractivity contribution in [2.24, 2.45) is 5.92 Å². The van der Waals surface area contributed by atoms with Gasteiger partial charge in [-0.1, -0.05) is 18.9 Å². The van der Waals surface area contributed by atoms with E-state index in [1.54, 1.807) is 13.0 Å². The summed E-state index contributed by atoms with van der Waals surface area (Å²) in [4.78, 5) is 14.1. The normalized spacial score (nSPS) is 34.0. The van der Waals surface area contributed by atoms with E-state index < -0.39 is 0 Å². The maximum Gasteiger partial charge on any atom is 0.219 e. The van der Waals surface area contributed by atoms with E-state index in [1.165, 1.54) is 36.8 Å². The molecule has 1 heterocycles. The molecule has 0 unspecified atom stereocenters. The van der Waals surface area contributed by atoms with Gasteiger partial charge in [-0.25, -0.2) is 0 Å². The van der Waals surface area contributed by atoms with E-state index in [9.17, 15) is 9.90 Å². The van der Waals surface area contributed by atoms with Gasteiger partial charge in [-0.15, -0.1) is 0 Å². The molecule has 2 bridgehead atoms. The number of amides is 1. The summed E-state index contributed by atoms with van der Waals surface area (Å²) < 4.78 is 0. The Labute approximate surface area is 126 Å². The van der Waals surface area contributed by atoms with Gasteiger partial charge in [0.1, 0.15) is 5.75 Å². The van der Waals surface area contributed by atoms with Crippen LogP contribution in [0, 0.1) is 5.92 Å². The molecular weight excluding hydrogens is 262 g/mol. The lowest BCUT2D eigenvalue weighted by Gasteiger charge is -2.58. The number of phenols is 1. The van der Waals surface area contributed by atoms with Crippen LogP contribution in [0.4, 0.5) is 0 Å². The first-order chi connectivity index (χ1) is 10.1. The smallest absolute Gasteiger partial charge is 0.219 e. The second-order valence-corrected chi connectivity index (χ2v) is 7.08. The number of hydrogen-bond donors (Lipinski definition) is 1.